The minimum Gasteiger partial charge on any atom is -0.331 e. The van der Waals surface area contributed by atoms with Crippen LogP contribution in [0, 0.1) is 5.92 Å². The second kappa shape index (κ2) is 6.79. The molecule has 2 unspecified atom stereocenters. The maximum absolute atomic E-state index is 12.6. The van der Waals surface area contributed by atoms with Crippen molar-refractivity contribution < 1.29 is 18.0 Å². The highest BCUT2D eigenvalue weighted by atomic mass is 35.5. The molecule has 0 radical (unpaired) electrons. The Kier molecular flexibility index (Phi) is 5.24. The fourth-order valence-corrected chi connectivity index (χ4v) is 2.48. The van der Waals surface area contributed by atoms with Crippen LogP contribution in [0.2, 0.25) is 0 Å². The number of urea groups is 1. The van der Waals surface area contributed by atoms with Gasteiger partial charge in [-0.25, -0.2) is 4.79 Å². The van der Waals surface area contributed by atoms with Crippen molar-refractivity contribution in [3.63, 3.8) is 0 Å². The van der Waals surface area contributed by atoms with Gasteiger partial charge in [0.1, 0.15) is 0 Å². The molecule has 22 heavy (non-hydrogen) atoms. The first-order valence-electron chi connectivity index (χ1n) is 6.51. The Morgan fingerprint density at radius 2 is 1.95 bits per heavy atom. The Bertz CT molecular complexity index is 579. The maximum Gasteiger partial charge on any atom is 0.395 e. The Labute approximate surface area is 135 Å². The quantitative estimate of drug-likeness (QED) is 0.763. The number of carbonyl (C=O) groups excluding carboxylic acids is 1. The zero-order valence-electron chi connectivity index (χ0n) is 11.3. The fraction of sp³-hybridized carbons (Fsp3) is 0.357. The van der Waals surface area contributed by atoms with Gasteiger partial charge in [0.2, 0.25) is 0 Å². The molecule has 2 aliphatic rings. The number of rotatable bonds is 2. The highest BCUT2D eigenvalue weighted by molar-refractivity contribution is 6.32. The Hall–Kier alpha value is -1.40. The van der Waals surface area contributed by atoms with E-state index in [-0.39, 0.29) is 23.2 Å². The molecular weight excluding hydrogens is 340 g/mol. The number of hydrogen-bond donors (Lipinski definition) is 2. The van der Waals surface area contributed by atoms with Gasteiger partial charge in [-0.05, 0) is 18.9 Å². The first kappa shape index (κ1) is 17.0. The van der Waals surface area contributed by atoms with Crippen LogP contribution in [-0.2, 0) is 0 Å². The molecule has 0 bridgehead atoms. The van der Waals surface area contributed by atoms with E-state index in [4.69, 9.17) is 23.2 Å². The highest BCUT2D eigenvalue weighted by Gasteiger charge is 2.39. The second-order valence-electron chi connectivity index (χ2n) is 4.90. The molecule has 0 heterocycles. The molecule has 0 saturated carbocycles. The van der Waals surface area contributed by atoms with Crippen molar-refractivity contribution >= 4 is 29.2 Å². The summed E-state index contributed by atoms with van der Waals surface area (Å²) in [5.41, 5.74) is 0.174. The molecule has 8 heteroatoms. The molecule has 2 rings (SSSR count). The number of alkyl halides is 3. The molecule has 0 aliphatic heterocycles. The molecule has 0 spiro atoms. The van der Waals surface area contributed by atoms with Gasteiger partial charge in [0.15, 0.2) is 0 Å². The molecule has 2 amide bonds. The molecule has 0 aromatic rings. The van der Waals surface area contributed by atoms with Crippen LogP contribution < -0.4 is 10.6 Å². The topological polar surface area (TPSA) is 41.1 Å². The highest BCUT2D eigenvalue weighted by Crippen LogP contribution is 2.35. The number of halogens is 5. The molecule has 2 aliphatic carbocycles. The van der Waals surface area contributed by atoms with Crippen molar-refractivity contribution in [1.29, 1.82) is 0 Å². The summed E-state index contributed by atoms with van der Waals surface area (Å²) < 4.78 is 37.8. The summed E-state index contributed by atoms with van der Waals surface area (Å²) in [6, 6.07) is -0.762. The Morgan fingerprint density at radius 1 is 1.23 bits per heavy atom. The van der Waals surface area contributed by atoms with E-state index >= 15 is 0 Å². The molecule has 2 N–H and O–H groups in total. The lowest BCUT2D eigenvalue weighted by atomic mass is 9.99. The zero-order chi connectivity index (χ0) is 16.3. The molecule has 0 saturated heterocycles. The van der Waals surface area contributed by atoms with Gasteiger partial charge in [-0.3, -0.25) is 0 Å². The monoisotopic (exact) mass is 352 g/mol. The van der Waals surface area contributed by atoms with Crippen LogP contribution >= 0.6 is 23.2 Å². The van der Waals surface area contributed by atoms with Gasteiger partial charge in [0.05, 0.1) is 22.7 Å². The molecule has 0 fully saturated rings. The molecular formula is C14H13Cl2F3N2O. The average Bonchev–Trinajstić information content (AvgIpc) is 2.42. The van der Waals surface area contributed by atoms with Crippen LogP contribution in [0.25, 0.3) is 0 Å². The first-order chi connectivity index (χ1) is 10.3. The molecule has 0 aromatic carbocycles. The van der Waals surface area contributed by atoms with Crippen LogP contribution in [0.4, 0.5) is 18.0 Å². The Morgan fingerprint density at radius 3 is 2.50 bits per heavy atom. The number of allylic oxidation sites excluding steroid dienone is 5. The van der Waals surface area contributed by atoms with E-state index in [1.54, 1.807) is 18.2 Å². The van der Waals surface area contributed by atoms with Crippen molar-refractivity contribution in [2.75, 3.05) is 0 Å². The summed E-state index contributed by atoms with van der Waals surface area (Å²) in [6.45, 7) is 0. The fourth-order valence-electron chi connectivity index (χ4n) is 2.04. The van der Waals surface area contributed by atoms with Crippen LogP contribution in [0.5, 0.6) is 0 Å². The third kappa shape index (κ3) is 4.55. The largest absolute Gasteiger partial charge is 0.395 e. The molecule has 120 valence electrons. The van der Waals surface area contributed by atoms with Crippen molar-refractivity contribution in [2.45, 2.75) is 25.1 Å². The second-order valence-corrected chi connectivity index (χ2v) is 5.75. The van der Waals surface area contributed by atoms with E-state index in [1.165, 1.54) is 6.08 Å². The molecule has 2 atom stereocenters. The van der Waals surface area contributed by atoms with E-state index in [1.807, 2.05) is 0 Å². The van der Waals surface area contributed by atoms with Gasteiger partial charge in [0, 0.05) is 5.03 Å². The minimum absolute atomic E-state index is 0.120. The van der Waals surface area contributed by atoms with Gasteiger partial charge in [-0.1, -0.05) is 47.5 Å². The number of nitrogens with one attached hydrogen (secondary N) is 2. The SMILES string of the molecule is O=C(NC1=CCC(C(F)(F)F)C=C1Cl)NC1C=CC(Cl)=CC1. The van der Waals surface area contributed by atoms with E-state index < -0.39 is 18.1 Å². The van der Waals surface area contributed by atoms with E-state index in [9.17, 15) is 18.0 Å². The van der Waals surface area contributed by atoms with Gasteiger partial charge in [-0.15, -0.1) is 0 Å². The van der Waals surface area contributed by atoms with Gasteiger partial charge in [-0.2, -0.15) is 13.2 Å². The normalized spacial score (nSPS) is 25.0. The van der Waals surface area contributed by atoms with Crippen LogP contribution in [0.3, 0.4) is 0 Å². The van der Waals surface area contributed by atoms with E-state index in [0.29, 0.717) is 11.5 Å². The van der Waals surface area contributed by atoms with Crippen molar-refractivity contribution in [3.8, 4) is 0 Å². The third-order valence-electron chi connectivity index (χ3n) is 3.22. The van der Waals surface area contributed by atoms with E-state index in [2.05, 4.69) is 10.6 Å². The Balaban J connectivity index is 1.89. The zero-order valence-corrected chi connectivity index (χ0v) is 12.8. The lowest BCUT2D eigenvalue weighted by Crippen LogP contribution is -2.41. The third-order valence-corrected chi connectivity index (χ3v) is 3.83. The maximum atomic E-state index is 12.6. The summed E-state index contributed by atoms with van der Waals surface area (Å²) in [5.74, 6) is -1.62. The van der Waals surface area contributed by atoms with Crippen molar-refractivity contribution in [1.82, 2.24) is 10.6 Å². The van der Waals surface area contributed by atoms with Crippen LogP contribution in [0.15, 0.2) is 46.1 Å². The van der Waals surface area contributed by atoms with Crippen LogP contribution in [0.1, 0.15) is 12.8 Å². The van der Waals surface area contributed by atoms with Gasteiger partial charge < -0.3 is 10.6 Å². The number of amides is 2. The summed E-state index contributed by atoms with van der Waals surface area (Å²) >= 11 is 11.6. The minimum atomic E-state index is -4.34. The first-order valence-corrected chi connectivity index (χ1v) is 7.27. The standard InChI is InChI=1S/C14H13Cl2F3N2O/c15-9-2-4-10(5-3-9)20-13(22)21-12-6-1-8(7-11(12)16)14(17,18)19/h2-4,6-8,10H,1,5H2,(H2,20,21,22). The van der Waals surface area contributed by atoms with Crippen molar-refractivity contribution in [2.24, 2.45) is 5.92 Å². The summed E-state index contributed by atoms with van der Waals surface area (Å²) in [5, 5.41) is 5.59. The van der Waals surface area contributed by atoms with Crippen molar-refractivity contribution in [3.05, 3.63) is 46.1 Å². The summed E-state index contributed by atoms with van der Waals surface area (Å²) in [7, 11) is 0. The lowest BCUT2D eigenvalue weighted by Gasteiger charge is -2.22. The molecule has 3 nitrogen and oxygen atoms in total. The van der Waals surface area contributed by atoms with Crippen LogP contribution in [-0.4, -0.2) is 18.2 Å². The predicted molar refractivity (Wildman–Crippen MR) is 79.3 cm³/mol. The molecule has 0 aromatic heterocycles. The van der Waals surface area contributed by atoms with Gasteiger partial charge in [0.25, 0.3) is 0 Å². The van der Waals surface area contributed by atoms with E-state index in [0.717, 1.165) is 6.08 Å². The number of carbonyl (C=O) groups is 1. The van der Waals surface area contributed by atoms with Gasteiger partial charge >= 0.3 is 12.2 Å². The number of hydrogen-bond acceptors (Lipinski definition) is 1. The summed E-state index contributed by atoms with van der Waals surface area (Å²) in [6.07, 6.45) is 3.27. The predicted octanol–water partition coefficient (Wildman–Crippen LogP) is 4.33. The lowest BCUT2D eigenvalue weighted by molar-refractivity contribution is -0.160. The summed E-state index contributed by atoms with van der Waals surface area (Å²) in [4.78, 5) is 11.8. The average molecular weight is 353 g/mol. The smallest absolute Gasteiger partial charge is 0.331 e.